The Bertz CT molecular complexity index is 612. The van der Waals surface area contributed by atoms with Gasteiger partial charge in [0.25, 0.3) is 5.91 Å². The Labute approximate surface area is 148 Å². The Morgan fingerprint density at radius 1 is 1.28 bits per heavy atom. The molecule has 2 saturated carbocycles. The maximum absolute atomic E-state index is 12.0. The van der Waals surface area contributed by atoms with Crippen molar-refractivity contribution in [3.8, 4) is 11.5 Å². The molecule has 1 aromatic carbocycles. The molecule has 0 atom stereocenters. The van der Waals surface area contributed by atoms with Gasteiger partial charge in [-0.3, -0.25) is 4.79 Å². The summed E-state index contributed by atoms with van der Waals surface area (Å²) in [5.41, 5.74) is 0.814. The molecule has 25 heavy (non-hydrogen) atoms. The first-order valence-electron chi connectivity index (χ1n) is 8.96. The van der Waals surface area contributed by atoms with Crippen LogP contribution in [0.25, 0.3) is 0 Å². The molecular weight excluding hydrogens is 320 g/mol. The second-order valence-corrected chi connectivity index (χ2v) is 6.62. The van der Waals surface area contributed by atoms with Crippen LogP contribution in [0.4, 0.5) is 0 Å². The van der Waals surface area contributed by atoms with Gasteiger partial charge in [-0.1, -0.05) is 5.16 Å². The molecule has 6 heteroatoms. The lowest BCUT2D eigenvalue weighted by atomic mass is 10.1. The fourth-order valence-corrected chi connectivity index (χ4v) is 2.99. The van der Waals surface area contributed by atoms with E-state index in [1.54, 1.807) is 13.3 Å². The standard InChI is InChI=1S/C19H26N2O4/c1-3-24-16-9-4-13(10-17(16)23-2)11-20-25-12-18(22)21-19(14-5-6-14)15-7-8-15/h4,9-11,14-15,19H,3,5-8,12H2,1-2H3,(H,21,22)/b20-11+. The molecule has 2 aliphatic carbocycles. The minimum atomic E-state index is -0.0924. The number of nitrogens with zero attached hydrogens (tertiary/aromatic N) is 1. The Morgan fingerprint density at radius 3 is 2.60 bits per heavy atom. The van der Waals surface area contributed by atoms with E-state index >= 15 is 0 Å². The van der Waals surface area contributed by atoms with Gasteiger partial charge < -0.3 is 19.6 Å². The first kappa shape index (κ1) is 17.6. The number of oxime groups is 1. The van der Waals surface area contributed by atoms with Gasteiger partial charge in [-0.05, 0) is 62.6 Å². The molecule has 1 N–H and O–H groups in total. The number of nitrogens with one attached hydrogen (secondary N) is 1. The molecule has 0 radical (unpaired) electrons. The van der Waals surface area contributed by atoms with E-state index in [1.807, 2.05) is 25.1 Å². The van der Waals surface area contributed by atoms with Crippen LogP contribution in [0.1, 0.15) is 38.2 Å². The summed E-state index contributed by atoms with van der Waals surface area (Å²) in [6.07, 6.45) is 6.50. The Hall–Kier alpha value is -2.24. The predicted octanol–water partition coefficient (Wildman–Crippen LogP) is 2.75. The average molecular weight is 346 g/mol. The van der Waals surface area contributed by atoms with E-state index in [4.69, 9.17) is 14.3 Å². The van der Waals surface area contributed by atoms with E-state index in [0.29, 0.717) is 36.0 Å². The number of methoxy groups -OCH3 is 1. The molecule has 0 aromatic heterocycles. The number of hydrogen-bond acceptors (Lipinski definition) is 5. The largest absolute Gasteiger partial charge is 0.493 e. The molecule has 2 aliphatic rings. The van der Waals surface area contributed by atoms with Crippen LogP contribution >= 0.6 is 0 Å². The molecule has 136 valence electrons. The van der Waals surface area contributed by atoms with Crippen LogP contribution in [0.2, 0.25) is 0 Å². The molecule has 0 aliphatic heterocycles. The van der Waals surface area contributed by atoms with Gasteiger partial charge in [0.2, 0.25) is 0 Å². The summed E-state index contributed by atoms with van der Waals surface area (Å²) >= 11 is 0. The molecule has 6 nitrogen and oxygen atoms in total. The Kier molecular flexibility index (Phi) is 5.79. The van der Waals surface area contributed by atoms with Crippen molar-refractivity contribution in [2.75, 3.05) is 20.3 Å². The van der Waals surface area contributed by atoms with E-state index < -0.39 is 0 Å². The summed E-state index contributed by atoms with van der Waals surface area (Å²) in [6, 6.07) is 5.84. The number of amides is 1. The SMILES string of the molecule is CCOc1ccc(/C=N/OCC(=O)NC(C2CC2)C2CC2)cc1OC. The third-order valence-corrected chi connectivity index (χ3v) is 4.55. The fourth-order valence-electron chi connectivity index (χ4n) is 2.99. The van der Waals surface area contributed by atoms with Crippen molar-refractivity contribution in [3.05, 3.63) is 23.8 Å². The number of hydrogen-bond donors (Lipinski definition) is 1. The maximum atomic E-state index is 12.0. The highest BCUT2D eigenvalue weighted by Crippen LogP contribution is 2.44. The third kappa shape index (κ3) is 5.11. The molecular formula is C19H26N2O4. The normalized spacial score (nSPS) is 16.9. The van der Waals surface area contributed by atoms with Gasteiger partial charge >= 0.3 is 0 Å². The van der Waals surface area contributed by atoms with Crippen LogP contribution in [-0.4, -0.2) is 38.5 Å². The number of benzene rings is 1. The highest BCUT2D eigenvalue weighted by atomic mass is 16.6. The van der Waals surface area contributed by atoms with Crippen molar-refractivity contribution in [2.24, 2.45) is 17.0 Å². The number of carbonyl (C=O) groups excluding carboxylic acids is 1. The summed E-state index contributed by atoms with van der Waals surface area (Å²) in [5, 5.41) is 6.98. The van der Waals surface area contributed by atoms with Crippen LogP contribution in [0.3, 0.4) is 0 Å². The van der Waals surface area contributed by atoms with Crippen molar-refractivity contribution in [2.45, 2.75) is 38.6 Å². The van der Waals surface area contributed by atoms with Crippen LogP contribution in [0, 0.1) is 11.8 Å². The molecule has 1 amide bonds. The first-order chi connectivity index (χ1) is 12.2. The van der Waals surface area contributed by atoms with Crippen molar-refractivity contribution in [1.82, 2.24) is 5.32 Å². The minimum Gasteiger partial charge on any atom is -0.493 e. The fraction of sp³-hybridized carbons (Fsp3) is 0.579. The Morgan fingerprint density at radius 2 is 2.00 bits per heavy atom. The maximum Gasteiger partial charge on any atom is 0.261 e. The van der Waals surface area contributed by atoms with E-state index in [0.717, 1.165) is 5.56 Å². The topological polar surface area (TPSA) is 69.2 Å². The zero-order valence-corrected chi connectivity index (χ0v) is 14.9. The number of rotatable bonds is 10. The zero-order valence-electron chi connectivity index (χ0n) is 14.9. The van der Waals surface area contributed by atoms with E-state index in [1.165, 1.54) is 25.7 Å². The van der Waals surface area contributed by atoms with Crippen molar-refractivity contribution < 1.29 is 19.1 Å². The molecule has 0 bridgehead atoms. The highest BCUT2D eigenvalue weighted by Gasteiger charge is 2.42. The van der Waals surface area contributed by atoms with E-state index in [2.05, 4.69) is 10.5 Å². The second-order valence-electron chi connectivity index (χ2n) is 6.62. The smallest absolute Gasteiger partial charge is 0.261 e. The summed E-state index contributed by atoms with van der Waals surface area (Å²) in [5.74, 6) is 2.59. The van der Waals surface area contributed by atoms with Crippen molar-refractivity contribution in [3.63, 3.8) is 0 Å². The van der Waals surface area contributed by atoms with Crippen LogP contribution in [0.5, 0.6) is 11.5 Å². The van der Waals surface area contributed by atoms with Crippen LogP contribution in [0.15, 0.2) is 23.4 Å². The van der Waals surface area contributed by atoms with Gasteiger partial charge in [-0.2, -0.15) is 0 Å². The molecule has 1 aromatic rings. The minimum absolute atomic E-state index is 0.0550. The third-order valence-electron chi connectivity index (χ3n) is 4.55. The van der Waals surface area contributed by atoms with E-state index in [-0.39, 0.29) is 12.5 Å². The monoisotopic (exact) mass is 346 g/mol. The van der Waals surface area contributed by atoms with Gasteiger partial charge in [0.15, 0.2) is 18.1 Å². The first-order valence-corrected chi connectivity index (χ1v) is 8.96. The highest BCUT2D eigenvalue weighted by molar-refractivity contribution is 5.81. The van der Waals surface area contributed by atoms with Crippen molar-refractivity contribution >= 4 is 12.1 Å². The van der Waals surface area contributed by atoms with Crippen LogP contribution in [-0.2, 0) is 9.63 Å². The summed E-state index contributed by atoms with van der Waals surface area (Å²) < 4.78 is 10.8. The molecule has 0 heterocycles. The van der Waals surface area contributed by atoms with Gasteiger partial charge in [0, 0.05) is 11.6 Å². The lowest BCUT2D eigenvalue weighted by Gasteiger charge is -2.16. The Balaban J connectivity index is 1.45. The van der Waals surface area contributed by atoms with Gasteiger partial charge in [0.1, 0.15) is 0 Å². The summed E-state index contributed by atoms with van der Waals surface area (Å²) in [6.45, 7) is 2.44. The molecule has 0 unspecified atom stereocenters. The molecule has 3 rings (SSSR count). The zero-order chi connectivity index (χ0) is 17.6. The number of ether oxygens (including phenoxy) is 2. The van der Waals surface area contributed by atoms with Gasteiger partial charge in [-0.15, -0.1) is 0 Å². The van der Waals surface area contributed by atoms with Crippen molar-refractivity contribution in [1.29, 1.82) is 0 Å². The molecule has 0 spiro atoms. The summed E-state index contributed by atoms with van der Waals surface area (Å²) in [4.78, 5) is 17.1. The number of carbonyl (C=O) groups is 1. The summed E-state index contributed by atoms with van der Waals surface area (Å²) in [7, 11) is 1.59. The average Bonchev–Trinajstić information content (AvgIpc) is 3.50. The predicted molar refractivity (Wildman–Crippen MR) is 95.1 cm³/mol. The van der Waals surface area contributed by atoms with Gasteiger partial charge in [-0.25, -0.2) is 0 Å². The second kappa shape index (κ2) is 8.23. The van der Waals surface area contributed by atoms with Gasteiger partial charge in [0.05, 0.1) is 19.9 Å². The lowest BCUT2D eigenvalue weighted by molar-refractivity contribution is -0.126. The quantitative estimate of drug-likeness (QED) is 0.522. The molecule has 0 saturated heterocycles. The van der Waals surface area contributed by atoms with Crippen LogP contribution < -0.4 is 14.8 Å². The molecule has 2 fully saturated rings. The lowest BCUT2D eigenvalue weighted by Crippen LogP contribution is -2.39. The van der Waals surface area contributed by atoms with E-state index in [9.17, 15) is 4.79 Å².